The zero-order valence-corrected chi connectivity index (χ0v) is 12.3. The SMILES string of the molecule is Cc1ccc2c(c1)CCN2Cc1ccc(Cl)c(Cl)c1. The zero-order valence-electron chi connectivity index (χ0n) is 10.8. The van der Waals surface area contributed by atoms with Gasteiger partial charge in [-0.15, -0.1) is 0 Å². The van der Waals surface area contributed by atoms with Crippen molar-refractivity contribution in [2.75, 3.05) is 11.4 Å². The van der Waals surface area contributed by atoms with Crippen molar-refractivity contribution < 1.29 is 0 Å². The molecule has 1 nitrogen and oxygen atoms in total. The largest absolute Gasteiger partial charge is 0.367 e. The number of rotatable bonds is 2. The molecule has 0 fully saturated rings. The van der Waals surface area contributed by atoms with Crippen LogP contribution in [0.25, 0.3) is 0 Å². The summed E-state index contributed by atoms with van der Waals surface area (Å²) < 4.78 is 0. The molecule has 1 aliphatic heterocycles. The molecule has 1 aliphatic rings. The molecule has 0 aliphatic carbocycles. The van der Waals surface area contributed by atoms with Crippen molar-refractivity contribution >= 4 is 28.9 Å². The van der Waals surface area contributed by atoms with Crippen molar-refractivity contribution in [3.05, 3.63) is 63.1 Å². The minimum atomic E-state index is 0.614. The topological polar surface area (TPSA) is 3.24 Å². The lowest BCUT2D eigenvalue weighted by Crippen LogP contribution is -2.19. The minimum absolute atomic E-state index is 0.614. The number of anilines is 1. The van der Waals surface area contributed by atoms with Gasteiger partial charge in [-0.1, -0.05) is 47.0 Å². The highest BCUT2D eigenvalue weighted by molar-refractivity contribution is 6.42. The van der Waals surface area contributed by atoms with Crippen LogP contribution in [0.15, 0.2) is 36.4 Å². The van der Waals surface area contributed by atoms with Gasteiger partial charge >= 0.3 is 0 Å². The lowest BCUT2D eigenvalue weighted by Gasteiger charge is -2.20. The number of hydrogen-bond donors (Lipinski definition) is 0. The summed E-state index contributed by atoms with van der Waals surface area (Å²) >= 11 is 12.0. The van der Waals surface area contributed by atoms with Crippen LogP contribution >= 0.6 is 23.2 Å². The van der Waals surface area contributed by atoms with E-state index in [0.29, 0.717) is 10.0 Å². The fraction of sp³-hybridized carbons (Fsp3) is 0.250. The van der Waals surface area contributed by atoms with Gasteiger partial charge in [0.05, 0.1) is 10.0 Å². The second-order valence-electron chi connectivity index (χ2n) is 5.05. The third-order valence-corrected chi connectivity index (χ3v) is 4.32. The molecule has 0 amide bonds. The van der Waals surface area contributed by atoms with Gasteiger partial charge in [0.2, 0.25) is 0 Å². The second kappa shape index (κ2) is 5.07. The first-order chi connectivity index (χ1) is 9.13. The van der Waals surface area contributed by atoms with Crippen molar-refractivity contribution in [3.63, 3.8) is 0 Å². The number of fused-ring (bicyclic) bond motifs is 1. The van der Waals surface area contributed by atoms with E-state index >= 15 is 0 Å². The Morgan fingerprint density at radius 3 is 2.68 bits per heavy atom. The highest BCUT2D eigenvalue weighted by Gasteiger charge is 2.19. The summed E-state index contributed by atoms with van der Waals surface area (Å²) in [5.41, 5.74) is 5.31. The minimum Gasteiger partial charge on any atom is -0.367 e. The molecule has 0 unspecified atom stereocenters. The van der Waals surface area contributed by atoms with Gasteiger partial charge in [0.25, 0.3) is 0 Å². The smallest absolute Gasteiger partial charge is 0.0595 e. The van der Waals surface area contributed by atoms with Crippen LogP contribution in [0.2, 0.25) is 10.0 Å². The average molecular weight is 292 g/mol. The highest BCUT2D eigenvalue weighted by Crippen LogP contribution is 2.31. The van der Waals surface area contributed by atoms with Gasteiger partial charge < -0.3 is 4.90 Å². The van der Waals surface area contributed by atoms with Gasteiger partial charge in [0, 0.05) is 18.8 Å². The van der Waals surface area contributed by atoms with Gasteiger partial charge in [-0.05, 0) is 42.7 Å². The maximum atomic E-state index is 6.07. The van der Waals surface area contributed by atoms with Gasteiger partial charge in [0.1, 0.15) is 0 Å². The predicted octanol–water partition coefficient (Wildman–Crippen LogP) is 4.86. The van der Waals surface area contributed by atoms with E-state index in [0.717, 1.165) is 19.5 Å². The first kappa shape index (κ1) is 12.8. The highest BCUT2D eigenvalue weighted by atomic mass is 35.5. The molecule has 0 saturated heterocycles. The van der Waals surface area contributed by atoms with Crippen molar-refractivity contribution in [2.24, 2.45) is 0 Å². The summed E-state index contributed by atoms with van der Waals surface area (Å²) in [6, 6.07) is 12.5. The lowest BCUT2D eigenvalue weighted by molar-refractivity contribution is 0.836. The number of benzene rings is 2. The molecule has 0 bridgehead atoms. The Hall–Kier alpha value is -1.18. The van der Waals surface area contributed by atoms with Crippen LogP contribution in [0.1, 0.15) is 16.7 Å². The number of aryl methyl sites for hydroxylation is 1. The number of halogens is 2. The van der Waals surface area contributed by atoms with Crippen LogP contribution < -0.4 is 4.90 Å². The third-order valence-electron chi connectivity index (χ3n) is 3.58. The van der Waals surface area contributed by atoms with Gasteiger partial charge in [-0.25, -0.2) is 0 Å². The van der Waals surface area contributed by atoms with E-state index < -0.39 is 0 Å². The maximum absolute atomic E-state index is 6.07. The molecule has 2 aromatic rings. The van der Waals surface area contributed by atoms with Gasteiger partial charge in [0.15, 0.2) is 0 Å². The Bertz CT molecular complexity index is 622. The van der Waals surface area contributed by atoms with Gasteiger partial charge in [-0.2, -0.15) is 0 Å². The van der Waals surface area contributed by atoms with E-state index in [1.165, 1.54) is 22.4 Å². The van der Waals surface area contributed by atoms with E-state index in [1.54, 1.807) is 0 Å². The van der Waals surface area contributed by atoms with Crippen LogP contribution in [-0.4, -0.2) is 6.54 Å². The normalized spacial score (nSPS) is 13.7. The Balaban J connectivity index is 1.84. The molecule has 3 rings (SSSR count). The molecule has 1 heterocycles. The van der Waals surface area contributed by atoms with E-state index in [1.807, 2.05) is 18.2 Å². The van der Waals surface area contributed by atoms with E-state index in [9.17, 15) is 0 Å². The summed E-state index contributed by atoms with van der Waals surface area (Å²) in [4.78, 5) is 2.40. The van der Waals surface area contributed by atoms with Crippen LogP contribution in [0.3, 0.4) is 0 Å². The van der Waals surface area contributed by atoms with Crippen molar-refractivity contribution in [1.82, 2.24) is 0 Å². The molecule has 2 aromatic carbocycles. The number of nitrogens with zero attached hydrogens (tertiary/aromatic N) is 1. The van der Waals surface area contributed by atoms with E-state index in [4.69, 9.17) is 23.2 Å². The third kappa shape index (κ3) is 2.58. The van der Waals surface area contributed by atoms with E-state index in [2.05, 4.69) is 30.0 Å². The first-order valence-corrected chi connectivity index (χ1v) is 7.17. The Kier molecular flexibility index (Phi) is 3.42. The van der Waals surface area contributed by atoms with Crippen LogP contribution in [0, 0.1) is 6.92 Å². The molecule has 0 N–H and O–H groups in total. The van der Waals surface area contributed by atoms with E-state index in [-0.39, 0.29) is 0 Å². The average Bonchev–Trinajstić information content (AvgIpc) is 2.76. The van der Waals surface area contributed by atoms with Crippen LogP contribution in [0.5, 0.6) is 0 Å². The number of hydrogen-bond acceptors (Lipinski definition) is 1. The van der Waals surface area contributed by atoms with Crippen LogP contribution in [-0.2, 0) is 13.0 Å². The standard InChI is InChI=1S/C16H15Cl2N/c1-11-2-5-16-13(8-11)6-7-19(16)10-12-3-4-14(17)15(18)9-12/h2-5,8-9H,6-7,10H2,1H3. The molecular weight excluding hydrogens is 277 g/mol. The summed E-state index contributed by atoms with van der Waals surface area (Å²) in [5.74, 6) is 0. The monoisotopic (exact) mass is 291 g/mol. The molecule has 0 spiro atoms. The maximum Gasteiger partial charge on any atom is 0.0595 e. The summed E-state index contributed by atoms with van der Waals surface area (Å²) in [6.45, 7) is 4.09. The molecule has 3 heteroatoms. The summed E-state index contributed by atoms with van der Waals surface area (Å²) in [5, 5.41) is 1.24. The molecule has 0 aromatic heterocycles. The van der Waals surface area contributed by atoms with Crippen LogP contribution in [0.4, 0.5) is 5.69 Å². The van der Waals surface area contributed by atoms with Gasteiger partial charge in [-0.3, -0.25) is 0 Å². The van der Waals surface area contributed by atoms with Crippen molar-refractivity contribution in [2.45, 2.75) is 19.9 Å². The fourth-order valence-electron chi connectivity index (χ4n) is 2.62. The molecule has 0 atom stereocenters. The summed E-state index contributed by atoms with van der Waals surface area (Å²) in [7, 11) is 0. The van der Waals surface area contributed by atoms with Crippen molar-refractivity contribution in [1.29, 1.82) is 0 Å². The molecule has 19 heavy (non-hydrogen) atoms. The second-order valence-corrected chi connectivity index (χ2v) is 5.87. The van der Waals surface area contributed by atoms with Crippen molar-refractivity contribution in [3.8, 4) is 0 Å². The lowest BCUT2D eigenvalue weighted by atomic mass is 10.1. The summed E-state index contributed by atoms with van der Waals surface area (Å²) in [6.07, 6.45) is 1.12. The Morgan fingerprint density at radius 1 is 1.05 bits per heavy atom. The quantitative estimate of drug-likeness (QED) is 0.763. The first-order valence-electron chi connectivity index (χ1n) is 6.42. The molecule has 0 saturated carbocycles. The molecule has 0 radical (unpaired) electrons. The Labute approximate surface area is 123 Å². The predicted molar refractivity (Wildman–Crippen MR) is 82.4 cm³/mol. The fourth-order valence-corrected chi connectivity index (χ4v) is 2.94. The molecule has 98 valence electrons. The molecular formula is C16H15Cl2N. The zero-order chi connectivity index (χ0) is 13.4. The Morgan fingerprint density at radius 2 is 1.89 bits per heavy atom.